The third-order valence-electron chi connectivity index (χ3n) is 2.73. The molecule has 1 atom stereocenters. The molecular formula is C12H24O7. The highest BCUT2D eigenvalue weighted by molar-refractivity contribution is 5.68. The Morgan fingerprint density at radius 2 is 1.84 bits per heavy atom. The van der Waals surface area contributed by atoms with Crippen LogP contribution in [0, 0.1) is 0 Å². The summed E-state index contributed by atoms with van der Waals surface area (Å²) in [5.41, 5.74) is 0. The number of carboxylic acids is 1. The van der Waals surface area contributed by atoms with Gasteiger partial charge in [-0.15, -0.1) is 0 Å². The molecule has 0 heterocycles. The standard InChI is InChI=1S/C12H24O7/c1-2-11(16-10-12(13)14)8-6-4-3-5-7-9-17-19-18-15/h11,15H,2-10H2,1H3,(H,13,14). The van der Waals surface area contributed by atoms with E-state index in [-0.39, 0.29) is 12.7 Å². The molecule has 7 nitrogen and oxygen atoms in total. The van der Waals surface area contributed by atoms with E-state index >= 15 is 0 Å². The summed E-state index contributed by atoms with van der Waals surface area (Å²) in [6, 6.07) is 0. The van der Waals surface area contributed by atoms with Crippen LogP contribution in [-0.4, -0.2) is 35.7 Å². The molecule has 0 aliphatic carbocycles. The van der Waals surface area contributed by atoms with E-state index in [9.17, 15) is 4.79 Å². The molecule has 7 heteroatoms. The second kappa shape index (κ2) is 13.7. The Bertz CT molecular complexity index is 210. The first-order chi connectivity index (χ1) is 9.20. The number of unbranched alkanes of at least 4 members (excludes halogenated alkanes) is 4. The van der Waals surface area contributed by atoms with Gasteiger partial charge >= 0.3 is 5.97 Å². The molecule has 2 N–H and O–H groups in total. The molecule has 114 valence electrons. The van der Waals surface area contributed by atoms with E-state index in [4.69, 9.17) is 15.1 Å². The molecule has 0 amide bonds. The zero-order chi connectivity index (χ0) is 14.3. The number of rotatable bonds is 14. The molecule has 0 radical (unpaired) electrons. The molecule has 0 saturated carbocycles. The SMILES string of the molecule is CCC(CCCCCCCOOOO)OCC(=O)O. The Morgan fingerprint density at radius 3 is 2.47 bits per heavy atom. The molecule has 0 aliphatic rings. The van der Waals surface area contributed by atoms with Gasteiger partial charge in [-0.2, -0.15) is 0 Å². The van der Waals surface area contributed by atoms with Crippen molar-refractivity contribution in [1.82, 2.24) is 0 Å². The maximum atomic E-state index is 10.4. The predicted molar refractivity (Wildman–Crippen MR) is 66.1 cm³/mol. The van der Waals surface area contributed by atoms with Crippen LogP contribution in [-0.2, 0) is 24.5 Å². The number of hydrogen-bond donors (Lipinski definition) is 2. The van der Waals surface area contributed by atoms with Crippen LogP contribution in [0.2, 0.25) is 0 Å². The highest BCUT2D eigenvalue weighted by atomic mass is 17.6. The molecule has 0 aromatic heterocycles. The van der Waals surface area contributed by atoms with Crippen molar-refractivity contribution in [3.63, 3.8) is 0 Å². The van der Waals surface area contributed by atoms with Crippen LogP contribution in [0.25, 0.3) is 0 Å². The van der Waals surface area contributed by atoms with Crippen LogP contribution in [0.3, 0.4) is 0 Å². The lowest BCUT2D eigenvalue weighted by Gasteiger charge is -2.14. The molecule has 0 aromatic rings. The first-order valence-corrected chi connectivity index (χ1v) is 6.63. The summed E-state index contributed by atoms with van der Waals surface area (Å²) in [5.74, 6) is -0.924. The van der Waals surface area contributed by atoms with E-state index in [1.807, 2.05) is 6.92 Å². The molecular weight excluding hydrogens is 256 g/mol. The molecule has 0 aliphatic heterocycles. The fourth-order valence-corrected chi connectivity index (χ4v) is 1.71. The van der Waals surface area contributed by atoms with Crippen molar-refractivity contribution in [2.24, 2.45) is 0 Å². The average molecular weight is 280 g/mol. The zero-order valence-electron chi connectivity index (χ0n) is 11.4. The molecule has 0 spiro atoms. The van der Waals surface area contributed by atoms with Gasteiger partial charge in [0.2, 0.25) is 0 Å². The summed E-state index contributed by atoms with van der Waals surface area (Å²) >= 11 is 0. The van der Waals surface area contributed by atoms with Crippen LogP contribution in [0.4, 0.5) is 0 Å². The number of hydrogen-bond acceptors (Lipinski definition) is 6. The van der Waals surface area contributed by atoms with Gasteiger partial charge in [0.1, 0.15) is 6.61 Å². The van der Waals surface area contributed by atoms with Gasteiger partial charge in [-0.25, -0.2) is 14.9 Å². The first kappa shape index (κ1) is 18.3. The Morgan fingerprint density at radius 1 is 1.16 bits per heavy atom. The fourth-order valence-electron chi connectivity index (χ4n) is 1.71. The van der Waals surface area contributed by atoms with E-state index in [0.29, 0.717) is 6.61 Å². The highest BCUT2D eigenvalue weighted by Crippen LogP contribution is 2.12. The van der Waals surface area contributed by atoms with Gasteiger partial charge in [0, 0.05) is 0 Å². The lowest BCUT2D eigenvalue weighted by Crippen LogP contribution is -2.17. The van der Waals surface area contributed by atoms with Crippen LogP contribution >= 0.6 is 0 Å². The van der Waals surface area contributed by atoms with E-state index in [1.165, 1.54) is 0 Å². The maximum absolute atomic E-state index is 10.4. The summed E-state index contributed by atoms with van der Waals surface area (Å²) in [5, 5.41) is 23.4. The molecule has 19 heavy (non-hydrogen) atoms. The van der Waals surface area contributed by atoms with Gasteiger partial charge < -0.3 is 9.84 Å². The second-order valence-corrected chi connectivity index (χ2v) is 4.26. The van der Waals surface area contributed by atoms with Crippen LogP contribution in [0.1, 0.15) is 51.9 Å². The minimum atomic E-state index is -0.924. The molecule has 1 unspecified atom stereocenters. The van der Waals surface area contributed by atoms with Crippen molar-refractivity contribution in [3.05, 3.63) is 0 Å². The van der Waals surface area contributed by atoms with E-state index in [2.05, 4.69) is 15.0 Å². The zero-order valence-corrected chi connectivity index (χ0v) is 11.4. The van der Waals surface area contributed by atoms with Gasteiger partial charge in [-0.05, 0) is 29.3 Å². The van der Waals surface area contributed by atoms with Gasteiger partial charge in [0.15, 0.2) is 0 Å². The Balaban J connectivity index is 3.28. The molecule has 0 bridgehead atoms. The van der Waals surface area contributed by atoms with Crippen molar-refractivity contribution >= 4 is 5.97 Å². The Hall–Kier alpha value is -0.730. The lowest BCUT2D eigenvalue weighted by molar-refractivity contribution is -0.623. The Labute approximate surface area is 113 Å². The summed E-state index contributed by atoms with van der Waals surface area (Å²) in [6.07, 6.45) is 6.76. The predicted octanol–water partition coefficient (Wildman–Crippen LogP) is 2.56. The minimum Gasteiger partial charge on any atom is -0.480 e. The summed E-state index contributed by atoms with van der Waals surface area (Å²) in [6.45, 7) is 2.15. The monoisotopic (exact) mass is 280 g/mol. The van der Waals surface area contributed by atoms with Crippen molar-refractivity contribution in [1.29, 1.82) is 0 Å². The third kappa shape index (κ3) is 13.5. The molecule has 0 aromatic carbocycles. The van der Waals surface area contributed by atoms with Crippen molar-refractivity contribution < 1.29 is 34.9 Å². The van der Waals surface area contributed by atoms with E-state index < -0.39 is 5.97 Å². The number of carbonyl (C=O) groups is 1. The summed E-state index contributed by atoms with van der Waals surface area (Å²) in [4.78, 5) is 14.8. The van der Waals surface area contributed by atoms with Crippen molar-refractivity contribution in [2.45, 2.75) is 58.0 Å². The summed E-state index contributed by atoms with van der Waals surface area (Å²) in [7, 11) is 0. The lowest BCUT2D eigenvalue weighted by atomic mass is 10.1. The van der Waals surface area contributed by atoms with Crippen molar-refractivity contribution in [3.8, 4) is 0 Å². The Kier molecular flexibility index (Phi) is 13.2. The van der Waals surface area contributed by atoms with Crippen LogP contribution < -0.4 is 0 Å². The minimum absolute atomic E-state index is 0.0366. The van der Waals surface area contributed by atoms with Crippen LogP contribution in [0.5, 0.6) is 0 Å². The van der Waals surface area contributed by atoms with Gasteiger partial charge in [0.25, 0.3) is 0 Å². The van der Waals surface area contributed by atoms with Crippen LogP contribution in [0.15, 0.2) is 0 Å². The topological polar surface area (TPSA) is 94.5 Å². The number of ether oxygens (including phenoxy) is 1. The quantitative estimate of drug-likeness (QED) is 0.287. The second-order valence-electron chi connectivity index (χ2n) is 4.26. The highest BCUT2D eigenvalue weighted by Gasteiger charge is 2.08. The first-order valence-electron chi connectivity index (χ1n) is 6.63. The normalized spacial score (nSPS) is 12.5. The van der Waals surface area contributed by atoms with Gasteiger partial charge in [-0.3, -0.25) is 0 Å². The average Bonchev–Trinajstić information content (AvgIpc) is 2.40. The molecule has 0 rings (SSSR count). The smallest absolute Gasteiger partial charge is 0.329 e. The van der Waals surface area contributed by atoms with E-state index in [1.54, 1.807) is 0 Å². The largest absolute Gasteiger partial charge is 0.480 e. The number of aliphatic carboxylic acids is 1. The van der Waals surface area contributed by atoms with Gasteiger partial charge in [0.05, 0.1) is 12.7 Å². The van der Waals surface area contributed by atoms with Gasteiger partial charge in [-0.1, -0.05) is 32.6 Å². The third-order valence-corrected chi connectivity index (χ3v) is 2.73. The fraction of sp³-hybridized carbons (Fsp3) is 0.917. The summed E-state index contributed by atoms with van der Waals surface area (Å²) < 4.78 is 5.25. The van der Waals surface area contributed by atoms with Crippen molar-refractivity contribution in [2.75, 3.05) is 13.2 Å². The van der Waals surface area contributed by atoms with E-state index in [0.717, 1.165) is 44.9 Å². The number of carboxylic acid groups (broad SMARTS) is 1. The molecule has 0 fully saturated rings. The maximum Gasteiger partial charge on any atom is 0.329 e. The molecule has 0 saturated heterocycles.